The molecule has 2 N–H and O–H groups in total. The highest BCUT2D eigenvalue weighted by molar-refractivity contribution is 6.30. The number of likely N-dealkylation sites (tertiary alicyclic amines) is 1. The summed E-state index contributed by atoms with van der Waals surface area (Å²) >= 11 is 5.90. The van der Waals surface area contributed by atoms with Crippen molar-refractivity contribution in [2.24, 2.45) is 0 Å². The number of fused-ring (bicyclic) bond motifs is 1. The van der Waals surface area contributed by atoms with Gasteiger partial charge in [0, 0.05) is 30.0 Å². The first-order valence-electron chi connectivity index (χ1n) is 9.44. The summed E-state index contributed by atoms with van der Waals surface area (Å²) in [5, 5.41) is 3.72. The van der Waals surface area contributed by atoms with Crippen LogP contribution in [0.1, 0.15) is 30.0 Å². The minimum Gasteiger partial charge on any atom is -0.486 e. The first-order valence-corrected chi connectivity index (χ1v) is 9.82. The summed E-state index contributed by atoms with van der Waals surface area (Å²) in [6.45, 7) is 3.20. The summed E-state index contributed by atoms with van der Waals surface area (Å²) in [6, 6.07) is 14.0. The van der Waals surface area contributed by atoms with Crippen LogP contribution in [0.25, 0.3) is 0 Å². The van der Waals surface area contributed by atoms with Crippen LogP contribution < -0.4 is 19.7 Å². The number of carbonyl (C=O) groups excluding carboxylic acids is 1. The van der Waals surface area contributed by atoms with Gasteiger partial charge in [0.25, 0.3) is 5.91 Å². The molecule has 2 aromatic rings. The Bertz CT molecular complexity index is 810. The van der Waals surface area contributed by atoms with Gasteiger partial charge in [0.15, 0.2) is 18.0 Å². The number of quaternary nitrogens is 1. The van der Waals surface area contributed by atoms with Crippen LogP contribution in [0.3, 0.4) is 0 Å². The lowest BCUT2D eigenvalue weighted by Crippen LogP contribution is -3.11. The molecule has 142 valence electrons. The van der Waals surface area contributed by atoms with Crippen LogP contribution in [0.4, 0.5) is 0 Å². The van der Waals surface area contributed by atoms with Crippen LogP contribution in [0.15, 0.2) is 42.5 Å². The van der Waals surface area contributed by atoms with Crippen LogP contribution >= 0.6 is 11.6 Å². The van der Waals surface area contributed by atoms with Crippen LogP contribution in [0.5, 0.6) is 11.5 Å². The van der Waals surface area contributed by atoms with Crippen molar-refractivity contribution < 1.29 is 19.2 Å². The molecule has 1 fully saturated rings. The van der Waals surface area contributed by atoms with Crippen molar-refractivity contribution >= 4 is 17.5 Å². The fourth-order valence-corrected chi connectivity index (χ4v) is 4.00. The van der Waals surface area contributed by atoms with Gasteiger partial charge in [0.05, 0.1) is 6.54 Å². The second-order valence-electron chi connectivity index (χ2n) is 7.09. The van der Waals surface area contributed by atoms with Crippen molar-refractivity contribution in [3.05, 3.63) is 58.6 Å². The van der Waals surface area contributed by atoms with E-state index in [4.69, 9.17) is 21.1 Å². The summed E-state index contributed by atoms with van der Waals surface area (Å²) in [6.07, 6.45) is 2.21. The third-order valence-electron chi connectivity index (χ3n) is 5.24. The molecule has 5 nitrogen and oxygen atoms in total. The summed E-state index contributed by atoms with van der Waals surface area (Å²) in [5.74, 6) is 1.70. The van der Waals surface area contributed by atoms with E-state index < -0.39 is 0 Å². The van der Waals surface area contributed by atoms with Crippen molar-refractivity contribution in [1.29, 1.82) is 0 Å². The Morgan fingerprint density at radius 3 is 2.70 bits per heavy atom. The monoisotopic (exact) mass is 387 g/mol. The number of benzene rings is 2. The fourth-order valence-electron chi connectivity index (χ4n) is 3.87. The van der Waals surface area contributed by atoms with Gasteiger partial charge in [0.1, 0.15) is 19.3 Å². The van der Waals surface area contributed by atoms with Crippen LogP contribution in [0, 0.1) is 0 Å². The van der Waals surface area contributed by atoms with E-state index >= 15 is 0 Å². The normalized spacial score (nSPS) is 21.1. The van der Waals surface area contributed by atoms with Gasteiger partial charge in [-0.1, -0.05) is 23.7 Å². The molecule has 0 bridgehead atoms. The Morgan fingerprint density at radius 2 is 1.89 bits per heavy atom. The molecular formula is C21H24ClN2O3+. The lowest BCUT2D eigenvalue weighted by Gasteiger charge is -2.24. The maximum atomic E-state index is 12.4. The highest BCUT2D eigenvalue weighted by Gasteiger charge is 2.32. The maximum Gasteiger partial charge on any atom is 0.275 e. The molecule has 0 radical (unpaired) electrons. The summed E-state index contributed by atoms with van der Waals surface area (Å²) in [5.41, 5.74) is 2.27. The zero-order valence-electron chi connectivity index (χ0n) is 15.2. The lowest BCUT2D eigenvalue weighted by molar-refractivity contribution is -0.910. The summed E-state index contributed by atoms with van der Waals surface area (Å²) in [7, 11) is 0. The zero-order chi connectivity index (χ0) is 18.6. The third-order valence-corrected chi connectivity index (χ3v) is 5.49. The van der Waals surface area contributed by atoms with E-state index in [1.165, 1.54) is 10.5 Å². The molecular weight excluding hydrogens is 364 g/mol. The predicted octanol–water partition coefficient (Wildman–Crippen LogP) is 2.15. The number of carbonyl (C=O) groups is 1. The standard InChI is InChI=1S/C21H23ClN2O3/c22-17-6-3-15(4-7-17)13-23-21(25)14-24-9-1-2-18(24)16-5-8-19-20(12-16)27-11-10-26-19/h3-8,12,18H,1-2,9-11,13-14H2,(H,23,25)/p+1/t18-/m0/s1. The van der Waals surface area contributed by atoms with Crippen molar-refractivity contribution in [3.63, 3.8) is 0 Å². The number of rotatable bonds is 5. The number of halogens is 1. The van der Waals surface area contributed by atoms with Crippen LogP contribution in [0.2, 0.25) is 5.02 Å². The second-order valence-corrected chi connectivity index (χ2v) is 7.52. The van der Waals surface area contributed by atoms with Gasteiger partial charge in [-0.3, -0.25) is 4.79 Å². The predicted molar refractivity (Wildman–Crippen MR) is 103 cm³/mol. The number of hydrogen-bond acceptors (Lipinski definition) is 3. The van der Waals surface area contributed by atoms with Gasteiger partial charge < -0.3 is 19.7 Å². The van der Waals surface area contributed by atoms with E-state index in [1.807, 2.05) is 30.3 Å². The van der Waals surface area contributed by atoms with Crippen LogP contribution in [-0.2, 0) is 11.3 Å². The maximum absolute atomic E-state index is 12.4. The van der Waals surface area contributed by atoms with E-state index in [2.05, 4.69) is 17.4 Å². The van der Waals surface area contributed by atoms with E-state index in [1.54, 1.807) is 0 Å². The van der Waals surface area contributed by atoms with E-state index in [-0.39, 0.29) is 5.91 Å². The number of ether oxygens (including phenoxy) is 2. The van der Waals surface area contributed by atoms with Crippen molar-refractivity contribution in [3.8, 4) is 11.5 Å². The minimum atomic E-state index is 0.0735. The first-order chi connectivity index (χ1) is 13.2. The summed E-state index contributed by atoms with van der Waals surface area (Å²) < 4.78 is 11.3. The molecule has 6 heteroatoms. The molecule has 2 atom stereocenters. The quantitative estimate of drug-likeness (QED) is 0.826. The average molecular weight is 388 g/mol. The van der Waals surface area contributed by atoms with Crippen molar-refractivity contribution in [1.82, 2.24) is 5.32 Å². The number of nitrogens with one attached hydrogen (secondary N) is 2. The fraction of sp³-hybridized carbons (Fsp3) is 0.381. The lowest BCUT2D eigenvalue weighted by atomic mass is 10.0. The smallest absolute Gasteiger partial charge is 0.275 e. The molecule has 0 spiro atoms. The van der Waals surface area contributed by atoms with Gasteiger partial charge in [-0.25, -0.2) is 0 Å². The molecule has 1 unspecified atom stereocenters. The number of hydrogen-bond donors (Lipinski definition) is 2. The van der Waals surface area contributed by atoms with Crippen LogP contribution in [-0.4, -0.2) is 32.2 Å². The first kappa shape index (κ1) is 18.1. The Labute approximate surface area is 164 Å². The number of amides is 1. The topological polar surface area (TPSA) is 52.0 Å². The zero-order valence-corrected chi connectivity index (χ0v) is 15.9. The van der Waals surface area contributed by atoms with Crippen molar-refractivity contribution in [2.45, 2.75) is 25.4 Å². The molecule has 2 aromatic carbocycles. The Balaban J connectivity index is 1.36. The third kappa shape index (κ3) is 4.37. The van der Waals surface area contributed by atoms with Gasteiger partial charge in [0.2, 0.25) is 0 Å². The summed E-state index contributed by atoms with van der Waals surface area (Å²) in [4.78, 5) is 13.8. The molecule has 0 aromatic heterocycles. The van der Waals surface area contributed by atoms with Gasteiger partial charge in [-0.2, -0.15) is 0 Å². The second kappa shape index (κ2) is 8.19. The molecule has 0 aliphatic carbocycles. The molecule has 4 rings (SSSR count). The van der Waals surface area contributed by atoms with Gasteiger partial charge >= 0.3 is 0 Å². The van der Waals surface area contributed by atoms with E-state index in [9.17, 15) is 4.79 Å². The molecule has 2 heterocycles. The molecule has 1 saturated heterocycles. The Hall–Kier alpha value is -2.24. The van der Waals surface area contributed by atoms with Gasteiger partial charge in [-0.05, 0) is 35.9 Å². The average Bonchev–Trinajstić information content (AvgIpc) is 3.15. The molecule has 0 saturated carbocycles. The van der Waals surface area contributed by atoms with E-state index in [0.717, 1.165) is 36.4 Å². The molecule has 2 aliphatic heterocycles. The van der Waals surface area contributed by atoms with E-state index in [0.29, 0.717) is 37.4 Å². The molecule has 2 aliphatic rings. The molecule has 1 amide bonds. The Morgan fingerprint density at radius 1 is 1.11 bits per heavy atom. The Kier molecular flexibility index (Phi) is 5.50. The highest BCUT2D eigenvalue weighted by Crippen LogP contribution is 2.33. The molecule has 27 heavy (non-hydrogen) atoms. The minimum absolute atomic E-state index is 0.0735. The highest BCUT2D eigenvalue weighted by atomic mass is 35.5. The SMILES string of the molecule is O=C(C[NH+]1CCC[C@H]1c1ccc2c(c1)OCCO2)NCc1ccc(Cl)cc1. The van der Waals surface area contributed by atoms with Gasteiger partial charge in [-0.15, -0.1) is 0 Å². The largest absolute Gasteiger partial charge is 0.486 e. The van der Waals surface area contributed by atoms with Crippen molar-refractivity contribution in [2.75, 3.05) is 26.3 Å².